The van der Waals surface area contributed by atoms with Gasteiger partial charge in [-0.3, -0.25) is 4.79 Å². The van der Waals surface area contributed by atoms with Crippen LogP contribution in [0.5, 0.6) is 0 Å². The normalized spacial score (nSPS) is 13.9. The summed E-state index contributed by atoms with van der Waals surface area (Å²) in [7, 11) is 0. The summed E-state index contributed by atoms with van der Waals surface area (Å²) in [6, 6.07) is 10.1. The molecule has 0 saturated carbocycles. The van der Waals surface area contributed by atoms with Gasteiger partial charge in [0.05, 0.1) is 0 Å². The summed E-state index contributed by atoms with van der Waals surface area (Å²) < 4.78 is 32.9. The highest BCUT2D eigenvalue weighted by atomic mass is 32.2. The fourth-order valence-electron chi connectivity index (χ4n) is 3.49. The van der Waals surface area contributed by atoms with Crippen LogP contribution in [0.25, 0.3) is 0 Å². The van der Waals surface area contributed by atoms with Crippen molar-refractivity contribution in [1.29, 1.82) is 0 Å². The van der Waals surface area contributed by atoms with Gasteiger partial charge in [0.15, 0.2) is 0 Å². The number of nitrogens with two attached hydrogens (primary N) is 2. The first-order chi connectivity index (χ1) is 16.3. The standard InChI is InChI=1S/C26H37F2N3O2S/c1-3-5-9-34-17-24(30)26(32)33-25(16-31-15-19-8-6-7-18(4-2)10-19)23(29)13-20-11-21(27)14-22(28)12-20/h6-8,10-12,14,23-25,31H,3-5,9,13,15-17,29-30H2,1-2H3/t23-,24+,25+/m0/s1. The average Bonchev–Trinajstić information content (AvgIpc) is 2.80. The van der Waals surface area contributed by atoms with E-state index in [1.165, 1.54) is 17.7 Å². The van der Waals surface area contributed by atoms with E-state index in [9.17, 15) is 13.6 Å². The van der Waals surface area contributed by atoms with Gasteiger partial charge in [0.2, 0.25) is 0 Å². The second-order valence-corrected chi connectivity index (χ2v) is 9.61. The maximum Gasteiger partial charge on any atom is 0.324 e. The third-order valence-corrected chi connectivity index (χ3v) is 6.63. The Bertz CT molecular complexity index is 880. The summed E-state index contributed by atoms with van der Waals surface area (Å²) in [4.78, 5) is 12.6. The van der Waals surface area contributed by atoms with Gasteiger partial charge in [-0.25, -0.2) is 8.78 Å². The molecule has 2 aromatic rings. The van der Waals surface area contributed by atoms with Crippen molar-refractivity contribution in [2.45, 2.75) is 64.3 Å². The molecule has 0 unspecified atom stereocenters. The molecule has 0 saturated heterocycles. The lowest BCUT2D eigenvalue weighted by molar-refractivity contribution is -0.151. The quantitative estimate of drug-likeness (QED) is 0.257. The first-order valence-corrected chi connectivity index (χ1v) is 13.0. The molecule has 0 heterocycles. The molecule has 3 atom stereocenters. The lowest BCUT2D eigenvalue weighted by Crippen LogP contribution is -2.48. The number of aryl methyl sites for hydroxylation is 1. The molecule has 0 aliphatic heterocycles. The molecule has 0 aliphatic rings. The van der Waals surface area contributed by atoms with Crippen LogP contribution in [0.2, 0.25) is 0 Å². The summed E-state index contributed by atoms with van der Waals surface area (Å²) in [5.41, 5.74) is 15.1. The van der Waals surface area contributed by atoms with E-state index in [1.54, 1.807) is 11.8 Å². The topological polar surface area (TPSA) is 90.4 Å². The van der Waals surface area contributed by atoms with Crippen molar-refractivity contribution in [1.82, 2.24) is 5.32 Å². The largest absolute Gasteiger partial charge is 0.458 e. The van der Waals surface area contributed by atoms with Crippen LogP contribution in [0.15, 0.2) is 42.5 Å². The van der Waals surface area contributed by atoms with Crippen LogP contribution >= 0.6 is 11.8 Å². The third kappa shape index (κ3) is 10.1. The molecule has 0 radical (unpaired) electrons. The lowest BCUT2D eigenvalue weighted by Gasteiger charge is -2.26. The van der Waals surface area contributed by atoms with E-state index < -0.39 is 35.8 Å². The molecule has 188 valence electrons. The van der Waals surface area contributed by atoms with Gasteiger partial charge < -0.3 is 21.5 Å². The molecule has 0 fully saturated rings. The zero-order valence-electron chi connectivity index (χ0n) is 20.1. The summed E-state index contributed by atoms with van der Waals surface area (Å²) >= 11 is 1.62. The minimum absolute atomic E-state index is 0.153. The summed E-state index contributed by atoms with van der Waals surface area (Å²) in [6.45, 7) is 5.07. The summed E-state index contributed by atoms with van der Waals surface area (Å²) in [5, 5.41) is 3.30. The Morgan fingerprint density at radius 1 is 1.06 bits per heavy atom. The van der Waals surface area contributed by atoms with Gasteiger partial charge >= 0.3 is 5.97 Å². The maximum absolute atomic E-state index is 13.6. The van der Waals surface area contributed by atoms with Crippen LogP contribution in [0.4, 0.5) is 8.78 Å². The SMILES string of the molecule is CCCCSC[C@@H](N)C(=O)O[C@H](CNCc1cccc(CC)c1)[C@@H](N)Cc1cc(F)cc(F)c1. The van der Waals surface area contributed by atoms with Crippen LogP contribution in [0.3, 0.4) is 0 Å². The van der Waals surface area contributed by atoms with Crippen LogP contribution in [-0.4, -0.2) is 42.2 Å². The number of rotatable bonds is 15. The molecule has 2 aromatic carbocycles. The number of ether oxygens (including phenoxy) is 1. The zero-order chi connectivity index (χ0) is 24.9. The first-order valence-electron chi connectivity index (χ1n) is 11.8. The molecule has 5 nitrogen and oxygen atoms in total. The van der Waals surface area contributed by atoms with Gasteiger partial charge in [-0.1, -0.05) is 44.5 Å². The Labute approximate surface area is 206 Å². The zero-order valence-corrected chi connectivity index (χ0v) is 20.9. The Kier molecular flexibility index (Phi) is 12.5. The number of carbonyl (C=O) groups excluding carboxylic acids is 1. The maximum atomic E-state index is 13.6. The average molecular weight is 494 g/mol. The number of esters is 1. The minimum atomic E-state index is -0.760. The smallest absolute Gasteiger partial charge is 0.324 e. The Morgan fingerprint density at radius 3 is 2.44 bits per heavy atom. The monoisotopic (exact) mass is 493 g/mol. The predicted molar refractivity (Wildman–Crippen MR) is 136 cm³/mol. The van der Waals surface area contributed by atoms with Gasteiger partial charge in [0.1, 0.15) is 23.8 Å². The second-order valence-electron chi connectivity index (χ2n) is 8.46. The molecule has 0 bridgehead atoms. The highest BCUT2D eigenvalue weighted by molar-refractivity contribution is 7.99. The highest BCUT2D eigenvalue weighted by Crippen LogP contribution is 2.14. The van der Waals surface area contributed by atoms with Crippen molar-refractivity contribution >= 4 is 17.7 Å². The van der Waals surface area contributed by atoms with E-state index >= 15 is 0 Å². The van der Waals surface area contributed by atoms with Crippen molar-refractivity contribution < 1.29 is 18.3 Å². The molecule has 0 spiro atoms. The number of benzene rings is 2. The van der Waals surface area contributed by atoms with E-state index in [4.69, 9.17) is 16.2 Å². The Hall–Kier alpha value is -2.00. The molecule has 34 heavy (non-hydrogen) atoms. The van der Waals surface area contributed by atoms with Crippen LogP contribution in [0, 0.1) is 11.6 Å². The van der Waals surface area contributed by atoms with Gasteiger partial charge in [-0.05, 0) is 53.8 Å². The number of thioether (sulfide) groups is 1. The van der Waals surface area contributed by atoms with E-state index in [0.29, 0.717) is 17.9 Å². The van der Waals surface area contributed by atoms with Gasteiger partial charge in [-0.2, -0.15) is 11.8 Å². The second kappa shape index (κ2) is 15.1. The minimum Gasteiger partial charge on any atom is -0.458 e. The van der Waals surface area contributed by atoms with Crippen LogP contribution in [-0.2, 0) is 28.9 Å². The van der Waals surface area contributed by atoms with Gasteiger partial charge in [-0.15, -0.1) is 0 Å². The number of nitrogens with one attached hydrogen (secondary N) is 1. The van der Waals surface area contributed by atoms with Crippen molar-refractivity contribution in [3.05, 3.63) is 70.8 Å². The van der Waals surface area contributed by atoms with Crippen molar-refractivity contribution in [3.63, 3.8) is 0 Å². The van der Waals surface area contributed by atoms with Crippen molar-refractivity contribution in [2.75, 3.05) is 18.1 Å². The molecule has 2 rings (SSSR count). The van der Waals surface area contributed by atoms with E-state index in [0.717, 1.165) is 36.6 Å². The number of hydrogen-bond donors (Lipinski definition) is 3. The van der Waals surface area contributed by atoms with Crippen molar-refractivity contribution in [2.24, 2.45) is 11.5 Å². The first kappa shape index (κ1) is 28.2. The fourth-order valence-corrected chi connectivity index (χ4v) is 4.54. The van der Waals surface area contributed by atoms with E-state index in [1.807, 2.05) is 12.1 Å². The third-order valence-electron chi connectivity index (χ3n) is 5.46. The number of carbonyl (C=O) groups is 1. The number of hydrogen-bond acceptors (Lipinski definition) is 6. The van der Waals surface area contributed by atoms with Gasteiger partial charge in [0.25, 0.3) is 0 Å². The molecule has 0 aromatic heterocycles. The molecular weight excluding hydrogens is 456 g/mol. The molecular formula is C26H37F2N3O2S. The van der Waals surface area contributed by atoms with Crippen LogP contribution < -0.4 is 16.8 Å². The van der Waals surface area contributed by atoms with E-state index in [-0.39, 0.29) is 13.0 Å². The Morgan fingerprint density at radius 2 is 1.76 bits per heavy atom. The predicted octanol–water partition coefficient (Wildman–Crippen LogP) is 3.96. The number of halogens is 2. The summed E-state index contributed by atoms with van der Waals surface area (Å²) in [6.07, 6.45) is 2.53. The Balaban J connectivity index is 2.02. The lowest BCUT2D eigenvalue weighted by atomic mass is 10.0. The molecule has 5 N–H and O–H groups in total. The molecule has 0 amide bonds. The number of unbranched alkanes of at least 4 members (excludes halogenated alkanes) is 1. The molecule has 8 heteroatoms. The van der Waals surface area contributed by atoms with Gasteiger partial charge in [0, 0.05) is 31.0 Å². The molecule has 0 aliphatic carbocycles. The fraction of sp³-hybridized carbons (Fsp3) is 0.500. The highest BCUT2D eigenvalue weighted by Gasteiger charge is 2.26. The van der Waals surface area contributed by atoms with E-state index in [2.05, 4.69) is 31.3 Å². The summed E-state index contributed by atoms with van der Waals surface area (Å²) in [5.74, 6) is -0.465. The van der Waals surface area contributed by atoms with Crippen molar-refractivity contribution in [3.8, 4) is 0 Å². The van der Waals surface area contributed by atoms with Crippen LogP contribution in [0.1, 0.15) is 43.4 Å².